The Hall–Kier alpha value is -2.34. The molecule has 0 aromatic heterocycles. The predicted molar refractivity (Wildman–Crippen MR) is 99.5 cm³/mol. The molecule has 0 aliphatic carbocycles. The molecule has 1 aromatic carbocycles. The van der Waals surface area contributed by atoms with E-state index in [0.29, 0.717) is 5.56 Å². The van der Waals surface area contributed by atoms with Crippen LogP contribution in [0.25, 0.3) is 0 Å². The maximum atomic E-state index is 12.1. The lowest BCUT2D eigenvalue weighted by molar-refractivity contribution is -0.148. The van der Waals surface area contributed by atoms with Gasteiger partial charge in [-0.1, -0.05) is 30.3 Å². The van der Waals surface area contributed by atoms with Gasteiger partial charge in [-0.15, -0.1) is 0 Å². The van der Waals surface area contributed by atoms with E-state index in [0.717, 1.165) is 6.08 Å². The molecule has 1 amide bonds. The summed E-state index contributed by atoms with van der Waals surface area (Å²) in [6.07, 6.45) is 0.652. The van der Waals surface area contributed by atoms with E-state index in [9.17, 15) is 14.7 Å². The Kier molecular flexibility index (Phi) is 7.39. The number of amides is 1. The maximum absolute atomic E-state index is 12.1. The summed E-state index contributed by atoms with van der Waals surface area (Å²) >= 11 is 0. The zero-order valence-electron chi connectivity index (χ0n) is 16.3. The van der Waals surface area contributed by atoms with Gasteiger partial charge in [0.1, 0.15) is 11.2 Å². The average Bonchev–Trinajstić information content (AvgIpc) is 2.48. The van der Waals surface area contributed by atoms with Crippen LogP contribution in [-0.2, 0) is 14.3 Å². The number of benzene rings is 1. The van der Waals surface area contributed by atoms with E-state index in [1.807, 2.05) is 6.07 Å². The van der Waals surface area contributed by atoms with Crippen molar-refractivity contribution < 1.29 is 24.2 Å². The standard InChI is InChI=1S/C20H29NO5/c1-19(2,3)25-16(23)13-12-15(22)17(14-10-8-7-9-11-14)21-18(24)26-20(4,5)6/h7-13,15,17,22H,1-6H3,(H,21,24)/b13-12+/t15-,17-/m0/s1. The fraction of sp³-hybridized carbons (Fsp3) is 0.500. The number of nitrogens with one attached hydrogen (secondary N) is 1. The molecule has 0 fully saturated rings. The van der Waals surface area contributed by atoms with Crippen LogP contribution in [0.5, 0.6) is 0 Å². The molecule has 0 radical (unpaired) electrons. The summed E-state index contributed by atoms with van der Waals surface area (Å²) < 4.78 is 10.4. The van der Waals surface area contributed by atoms with Crippen LogP contribution in [0.2, 0.25) is 0 Å². The average molecular weight is 363 g/mol. The Morgan fingerprint density at radius 2 is 1.54 bits per heavy atom. The molecule has 26 heavy (non-hydrogen) atoms. The number of carbonyl (C=O) groups excluding carboxylic acids is 2. The molecule has 6 heteroatoms. The number of hydrogen-bond donors (Lipinski definition) is 2. The second-order valence-corrected chi connectivity index (χ2v) is 7.92. The van der Waals surface area contributed by atoms with Crippen molar-refractivity contribution in [3.8, 4) is 0 Å². The van der Waals surface area contributed by atoms with E-state index >= 15 is 0 Å². The smallest absolute Gasteiger partial charge is 0.408 e. The van der Waals surface area contributed by atoms with E-state index in [4.69, 9.17) is 9.47 Å². The number of rotatable bonds is 5. The normalized spacial score (nSPS) is 14.6. The van der Waals surface area contributed by atoms with Crippen molar-refractivity contribution in [2.75, 3.05) is 0 Å². The molecule has 0 heterocycles. The molecule has 6 nitrogen and oxygen atoms in total. The first-order valence-electron chi connectivity index (χ1n) is 8.51. The highest BCUT2D eigenvalue weighted by Crippen LogP contribution is 2.19. The first-order chi connectivity index (χ1) is 11.9. The molecular formula is C20H29NO5. The van der Waals surface area contributed by atoms with Crippen LogP contribution in [0.3, 0.4) is 0 Å². The van der Waals surface area contributed by atoms with Crippen LogP contribution >= 0.6 is 0 Å². The van der Waals surface area contributed by atoms with E-state index in [2.05, 4.69) is 5.32 Å². The molecule has 0 aliphatic rings. The third-order valence-corrected chi connectivity index (χ3v) is 3.01. The van der Waals surface area contributed by atoms with Crippen molar-refractivity contribution in [3.63, 3.8) is 0 Å². The lowest BCUT2D eigenvalue weighted by atomic mass is 10.0. The van der Waals surface area contributed by atoms with E-state index in [1.54, 1.807) is 65.8 Å². The molecule has 1 rings (SSSR count). The van der Waals surface area contributed by atoms with Crippen LogP contribution in [0.1, 0.15) is 53.1 Å². The zero-order chi connectivity index (χ0) is 20.0. The highest BCUT2D eigenvalue weighted by Gasteiger charge is 2.25. The van der Waals surface area contributed by atoms with Gasteiger partial charge in [0.25, 0.3) is 0 Å². The first-order valence-corrected chi connectivity index (χ1v) is 8.51. The Bertz CT molecular complexity index is 626. The third-order valence-electron chi connectivity index (χ3n) is 3.01. The largest absolute Gasteiger partial charge is 0.457 e. The minimum absolute atomic E-state index is 0.569. The van der Waals surface area contributed by atoms with Gasteiger partial charge in [-0.05, 0) is 53.2 Å². The fourth-order valence-electron chi connectivity index (χ4n) is 2.08. The highest BCUT2D eigenvalue weighted by molar-refractivity contribution is 5.82. The molecule has 0 spiro atoms. The van der Waals surface area contributed by atoms with E-state index in [1.165, 1.54) is 6.08 Å². The maximum Gasteiger partial charge on any atom is 0.408 e. The van der Waals surface area contributed by atoms with Crippen LogP contribution in [0, 0.1) is 0 Å². The molecule has 1 aromatic rings. The van der Waals surface area contributed by atoms with Gasteiger partial charge in [-0.25, -0.2) is 9.59 Å². The number of hydrogen-bond acceptors (Lipinski definition) is 5. The molecular weight excluding hydrogens is 334 g/mol. The van der Waals surface area contributed by atoms with Crippen LogP contribution in [0.4, 0.5) is 4.79 Å². The SMILES string of the molecule is CC(C)(C)OC(=O)/C=C/[C@H](O)[C@@H](NC(=O)OC(C)(C)C)c1ccccc1. The second-order valence-electron chi connectivity index (χ2n) is 7.92. The molecule has 144 valence electrons. The van der Waals surface area contributed by atoms with Gasteiger partial charge in [0.2, 0.25) is 0 Å². The lowest BCUT2D eigenvalue weighted by Gasteiger charge is -2.26. The van der Waals surface area contributed by atoms with Crippen molar-refractivity contribution in [1.29, 1.82) is 0 Å². The quantitative estimate of drug-likeness (QED) is 0.618. The van der Waals surface area contributed by atoms with Crippen molar-refractivity contribution in [2.45, 2.75) is 64.9 Å². The summed E-state index contributed by atoms with van der Waals surface area (Å²) in [6, 6.07) is 8.19. The third kappa shape index (κ3) is 8.67. The monoisotopic (exact) mass is 363 g/mol. The summed E-state index contributed by atoms with van der Waals surface area (Å²) in [6.45, 7) is 10.5. The number of alkyl carbamates (subject to hydrolysis) is 1. The van der Waals surface area contributed by atoms with Gasteiger partial charge in [-0.3, -0.25) is 0 Å². The molecule has 0 saturated carbocycles. The number of aliphatic hydroxyl groups excluding tert-OH is 1. The number of esters is 1. The van der Waals surface area contributed by atoms with E-state index < -0.39 is 35.4 Å². The molecule has 0 bridgehead atoms. The fourth-order valence-corrected chi connectivity index (χ4v) is 2.08. The van der Waals surface area contributed by atoms with Gasteiger partial charge >= 0.3 is 12.1 Å². The number of carbonyl (C=O) groups is 2. The minimum atomic E-state index is -1.14. The summed E-state index contributed by atoms with van der Waals surface area (Å²) in [5.41, 5.74) is -0.609. The highest BCUT2D eigenvalue weighted by atomic mass is 16.6. The Morgan fingerprint density at radius 1 is 1.00 bits per heavy atom. The van der Waals surface area contributed by atoms with Crippen molar-refractivity contribution in [2.24, 2.45) is 0 Å². The Balaban J connectivity index is 2.91. The molecule has 2 N–H and O–H groups in total. The Morgan fingerprint density at radius 3 is 2.04 bits per heavy atom. The number of ether oxygens (including phenoxy) is 2. The zero-order valence-corrected chi connectivity index (χ0v) is 16.3. The topological polar surface area (TPSA) is 84.9 Å². The van der Waals surface area contributed by atoms with Gasteiger partial charge in [0.15, 0.2) is 0 Å². The van der Waals surface area contributed by atoms with Crippen molar-refractivity contribution in [1.82, 2.24) is 5.32 Å². The summed E-state index contributed by atoms with van der Waals surface area (Å²) in [5.74, 6) is -0.569. The van der Waals surface area contributed by atoms with Gasteiger partial charge in [0.05, 0.1) is 12.1 Å². The van der Waals surface area contributed by atoms with Gasteiger partial charge in [-0.2, -0.15) is 0 Å². The summed E-state index contributed by atoms with van der Waals surface area (Å²) in [4.78, 5) is 23.9. The van der Waals surface area contributed by atoms with Crippen LogP contribution < -0.4 is 5.32 Å². The minimum Gasteiger partial charge on any atom is -0.457 e. The summed E-state index contributed by atoms with van der Waals surface area (Å²) in [5, 5.41) is 13.1. The molecule has 2 atom stereocenters. The van der Waals surface area contributed by atoms with E-state index in [-0.39, 0.29) is 0 Å². The Labute approximate surface area is 155 Å². The van der Waals surface area contributed by atoms with Gasteiger partial charge < -0.3 is 19.9 Å². The molecule has 0 aliphatic heterocycles. The predicted octanol–water partition coefficient (Wildman–Crippen LogP) is 3.51. The summed E-state index contributed by atoms with van der Waals surface area (Å²) in [7, 11) is 0. The van der Waals surface area contributed by atoms with Crippen molar-refractivity contribution >= 4 is 12.1 Å². The molecule has 0 saturated heterocycles. The van der Waals surface area contributed by atoms with Crippen molar-refractivity contribution in [3.05, 3.63) is 48.0 Å². The second kappa shape index (κ2) is 8.85. The van der Waals surface area contributed by atoms with Crippen LogP contribution in [-0.4, -0.2) is 34.5 Å². The van der Waals surface area contributed by atoms with Crippen LogP contribution in [0.15, 0.2) is 42.5 Å². The lowest BCUT2D eigenvalue weighted by Crippen LogP contribution is -2.39. The molecule has 0 unspecified atom stereocenters. The van der Waals surface area contributed by atoms with Gasteiger partial charge in [0, 0.05) is 6.08 Å². The first kappa shape index (κ1) is 21.7. The number of aliphatic hydroxyl groups is 1.